The Labute approximate surface area is 251 Å². The maximum absolute atomic E-state index is 12.5. The third-order valence-electron chi connectivity index (χ3n) is 11.4. The number of rotatable bonds is 4. The maximum Gasteiger partial charge on any atom is 0.315 e. The van der Waals surface area contributed by atoms with E-state index in [0.29, 0.717) is 23.6 Å². The van der Waals surface area contributed by atoms with Crippen LogP contribution in [0.2, 0.25) is 0 Å². The van der Waals surface area contributed by atoms with Gasteiger partial charge in [-0.3, -0.25) is 14.7 Å². The summed E-state index contributed by atoms with van der Waals surface area (Å²) in [5.41, 5.74) is 5.03. The van der Waals surface area contributed by atoms with Crippen LogP contribution in [0.25, 0.3) is 0 Å². The van der Waals surface area contributed by atoms with Gasteiger partial charge in [-0.25, -0.2) is 4.99 Å². The van der Waals surface area contributed by atoms with E-state index in [1.54, 1.807) is 0 Å². The fraction of sp³-hybridized carbons (Fsp3) is 0.576. The molecule has 9 heteroatoms. The van der Waals surface area contributed by atoms with Crippen molar-refractivity contribution in [2.45, 2.75) is 74.7 Å². The number of likely N-dealkylation sites (tertiary alicyclic amines) is 2. The van der Waals surface area contributed by atoms with Crippen molar-refractivity contribution in [2.75, 3.05) is 32.8 Å². The largest absolute Gasteiger partial charge is 0.462 e. The molecule has 0 bridgehead atoms. The molecule has 1 aromatic carbocycles. The molecule has 1 aromatic rings. The Hall–Kier alpha value is -2.97. The lowest BCUT2D eigenvalue weighted by atomic mass is 9.89. The third-order valence-corrected chi connectivity index (χ3v) is 11.7. The molecule has 5 fully saturated rings. The quantitative estimate of drug-likeness (QED) is 0.500. The van der Waals surface area contributed by atoms with E-state index in [0.717, 1.165) is 50.1 Å². The minimum Gasteiger partial charge on any atom is -0.462 e. The highest BCUT2D eigenvalue weighted by molar-refractivity contribution is 6.47. The molecule has 0 radical (unpaired) electrons. The molecule has 6 aliphatic heterocycles. The Morgan fingerprint density at radius 3 is 2.86 bits per heavy atom. The first-order valence-corrected chi connectivity index (χ1v) is 16.2. The average molecular weight is 585 g/mol. The highest BCUT2D eigenvalue weighted by atomic mass is 35.5. The van der Waals surface area contributed by atoms with Gasteiger partial charge in [0, 0.05) is 18.7 Å². The van der Waals surface area contributed by atoms with Gasteiger partial charge < -0.3 is 14.5 Å². The summed E-state index contributed by atoms with van der Waals surface area (Å²) in [7, 11) is 0. The summed E-state index contributed by atoms with van der Waals surface area (Å²) in [5.74, 6) is 2.21. The number of halogens is 1. The second kappa shape index (κ2) is 9.26. The average Bonchev–Trinajstić information content (AvgIpc) is 3.28. The van der Waals surface area contributed by atoms with E-state index in [-0.39, 0.29) is 35.6 Å². The van der Waals surface area contributed by atoms with E-state index < -0.39 is 0 Å². The SMILES string of the molecule is C=CC(=O)N1CC[C@@H]2[C@H]1CN2C1=NC(OCC23CCCN2CCC3)=NC2N=C(c3cccc4c3C3CC3C4)C(Cl)=CC12. The van der Waals surface area contributed by atoms with Gasteiger partial charge in [-0.1, -0.05) is 36.4 Å². The number of nitrogens with zero attached hydrogens (tertiary/aromatic N) is 6. The normalized spacial score (nSPS) is 35.1. The monoisotopic (exact) mass is 584 g/mol. The molecule has 0 N–H and O–H groups in total. The molecule has 218 valence electrons. The first kappa shape index (κ1) is 25.5. The molecular weight excluding hydrogens is 548 g/mol. The van der Waals surface area contributed by atoms with Gasteiger partial charge in [-0.2, -0.15) is 4.99 Å². The number of hydrogen-bond donors (Lipinski definition) is 0. The van der Waals surface area contributed by atoms with Crippen LogP contribution in [-0.4, -0.2) is 94.8 Å². The minimum absolute atomic E-state index is 0.0104. The van der Waals surface area contributed by atoms with Crippen molar-refractivity contribution < 1.29 is 9.53 Å². The van der Waals surface area contributed by atoms with Gasteiger partial charge >= 0.3 is 6.02 Å². The zero-order chi connectivity index (χ0) is 28.2. The second-order valence-electron chi connectivity index (χ2n) is 13.5. The van der Waals surface area contributed by atoms with Gasteiger partial charge in [0.15, 0.2) is 6.17 Å². The van der Waals surface area contributed by atoms with Crippen LogP contribution >= 0.6 is 11.6 Å². The Morgan fingerprint density at radius 2 is 2.02 bits per heavy atom. The Balaban J connectivity index is 1.05. The second-order valence-corrected chi connectivity index (χ2v) is 13.9. The number of amidine groups is 2. The molecule has 4 saturated heterocycles. The number of fused-ring (bicyclic) bond motifs is 6. The summed E-state index contributed by atoms with van der Waals surface area (Å²) in [5, 5.41) is 0.680. The fourth-order valence-corrected chi connectivity index (χ4v) is 9.52. The van der Waals surface area contributed by atoms with Crippen molar-refractivity contribution in [2.24, 2.45) is 26.8 Å². The van der Waals surface area contributed by atoms with E-state index in [1.165, 1.54) is 61.3 Å². The summed E-state index contributed by atoms with van der Waals surface area (Å²) in [6.07, 6.45) is 11.3. The number of carbonyl (C=O) groups is 1. The molecule has 4 unspecified atom stereocenters. The molecule has 42 heavy (non-hydrogen) atoms. The Morgan fingerprint density at radius 1 is 1.17 bits per heavy atom. The standard InChI is InChI=1S/C33H37ClN6O2/c1-2-27(41)39-13-8-25-26(39)17-40(25)31-23-16-24(34)29(21-7-3-6-19-14-20-15-22(20)28(19)21)35-30(23)36-32(37-31)42-18-33-9-4-11-38(33)12-5-10-33/h2-3,6-7,16,20,22-23,25-26,30H,1,4-5,8-15,17-18H2/t20?,22?,23?,25-,26-,30?/m1/s1. The molecule has 8 nitrogen and oxygen atoms in total. The van der Waals surface area contributed by atoms with E-state index in [2.05, 4.69) is 40.7 Å². The molecule has 0 spiro atoms. The minimum atomic E-state index is -0.371. The fourth-order valence-electron chi connectivity index (χ4n) is 9.23. The van der Waals surface area contributed by atoms with Crippen LogP contribution in [0.4, 0.5) is 0 Å². The number of allylic oxidation sites excluding steroid dienone is 1. The predicted octanol–water partition coefficient (Wildman–Crippen LogP) is 4.10. The van der Waals surface area contributed by atoms with E-state index in [4.69, 9.17) is 31.3 Å². The van der Waals surface area contributed by atoms with Crippen molar-refractivity contribution in [1.29, 1.82) is 0 Å². The number of amides is 1. The number of carbonyl (C=O) groups excluding carboxylic acids is 1. The number of aliphatic imine (C=N–C) groups is 3. The number of dihydropyridines is 1. The molecule has 0 aromatic heterocycles. The molecule has 2 aliphatic carbocycles. The van der Waals surface area contributed by atoms with Crippen LogP contribution < -0.4 is 0 Å². The van der Waals surface area contributed by atoms with Crippen molar-refractivity contribution in [3.63, 3.8) is 0 Å². The van der Waals surface area contributed by atoms with Gasteiger partial charge in [0.25, 0.3) is 0 Å². The summed E-state index contributed by atoms with van der Waals surface area (Å²) in [6, 6.07) is 7.45. The molecule has 1 saturated carbocycles. The van der Waals surface area contributed by atoms with Gasteiger partial charge in [-0.15, -0.1) is 0 Å². The van der Waals surface area contributed by atoms with Crippen LogP contribution in [-0.2, 0) is 16.0 Å². The van der Waals surface area contributed by atoms with E-state index in [1.807, 2.05) is 4.90 Å². The van der Waals surface area contributed by atoms with Crippen LogP contribution in [0.15, 0.2) is 56.9 Å². The lowest BCUT2D eigenvalue weighted by Gasteiger charge is -2.50. The summed E-state index contributed by atoms with van der Waals surface area (Å²) >= 11 is 7.08. The van der Waals surface area contributed by atoms with Crippen molar-refractivity contribution >= 4 is 35.1 Å². The number of hydrogen-bond acceptors (Lipinski definition) is 7. The lowest BCUT2D eigenvalue weighted by Crippen LogP contribution is -2.66. The van der Waals surface area contributed by atoms with Gasteiger partial charge in [0.05, 0.1) is 34.3 Å². The van der Waals surface area contributed by atoms with Crippen LogP contribution in [0.1, 0.15) is 61.1 Å². The van der Waals surface area contributed by atoms with E-state index >= 15 is 0 Å². The molecule has 6 atom stereocenters. The topological polar surface area (TPSA) is 73.1 Å². The summed E-state index contributed by atoms with van der Waals surface area (Å²) in [6.45, 7) is 8.13. The summed E-state index contributed by atoms with van der Waals surface area (Å²) < 4.78 is 6.52. The Kier molecular flexibility index (Phi) is 5.63. The Bertz CT molecular complexity index is 1500. The molecule has 9 rings (SSSR count). The van der Waals surface area contributed by atoms with Gasteiger partial charge in [0.1, 0.15) is 12.4 Å². The molecule has 8 aliphatic rings. The molecule has 6 heterocycles. The van der Waals surface area contributed by atoms with Gasteiger partial charge in [-0.05, 0) is 93.2 Å². The predicted molar refractivity (Wildman–Crippen MR) is 163 cm³/mol. The highest BCUT2D eigenvalue weighted by Crippen LogP contribution is 2.57. The van der Waals surface area contributed by atoms with E-state index in [9.17, 15) is 4.79 Å². The molecular formula is C33H37ClN6O2. The number of ether oxygens (including phenoxy) is 1. The van der Waals surface area contributed by atoms with Crippen molar-refractivity contribution in [3.05, 3.63) is 58.7 Å². The van der Waals surface area contributed by atoms with Crippen LogP contribution in [0.5, 0.6) is 0 Å². The van der Waals surface area contributed by atoms with Crippen molar-refractivity contribution in [3.8, 4) is 0 Å². The van der Waals surface area contributed by atoms with Gasteiger partial charge in [0.2, 0.25) is 5.91 Å². The first-order chi connectivity index (χ1) is 20.5. The van der Waals surface area contributed by atoms with Crippen LogP contribution in [0, 0.1) is 11.8 Å². The maximum atomic E-state index is 12.5. The number of benzene rings is 1. The lowest BCUT2D eigenvalue weighted by molar-refractivity contribution is -0.129. The zero-order valence-corrected chi connectivity index (χ0v) is 24.7. The first-order valence-electron chi connectivity index (χ1n) is 15.8. The van der Waals surface area contributed by atoms with Crippen molar-refractivity contribution in [1.82, 2.24) is 14.7 Å². The highest BCUT2D eigenvalue weighted by Gasteiger charge is 2.53. The van der Waals surface area contributed by atoms with Crippen LogP contribution in [0.3, 0.4) is 0 Å². The molecule has 1 amide bonds. The zero-order valence-electron chi connectivity index (χ0n) is 23.9. The third kappa shape index (κ3) is 3.70. The summed E-state index contributed by atoms with van der Waals surface area (Å²) in [4.78, 5) is 34.7. The smallest absolute Gasteiger partial charge is 0.315 e.